The van der Waals surface area contributed by atoms with Crippen LogP contribution in [-0.2, 0) is 9.59 Å². The van der Waals surface area contributed by atoms with Gasteiger partial charge in [-0.2, -0.15) is 0 Å². The minimum Gasteiger partial charge on any atom is -0.296 e. The molecule has 3 nitrogen and oxygen atoms in total. The van der Waals surface area contributed by atoms with Gasteiger partial charge < -0.3 is 0 Å². The third kappa shape index (κ3) is 2.32. The summed E-state index contributed by atoms with van der Waals surface area (Å²) in [6.45, 7) is 3.86. The van der Waals surface area contributed by atoms with Gasteiger partial charge in [0.15, 0.2) is 11.6 Å². The number of fused-ring (bicyclic) bond motifs is 1. The molecular weight excluding hydrogens is 238 g/mol. The van der Waals surface area contributed by atoms with Crippen molar-refractivity contribution in [2.24, 2.45) is 11.8 Å². The molecule has 0 unspecified atom stereocenters. The molecule has 0 amide bonds. The average molecular weight is 259 g/mol. The topological polar surface area (TPSA) is 37.4 Å². The largest absolute Gasteiger partial charge is 0.296 e. The van der Waals surface area contributed by atoms with Crippen molar-refractivity contribution in [3.63, 3.8) is 0 Å². The highest BCUT2D eigenvalue weighted by Crippen LogP contribution is 2.30. The third-order valence-corrected chi connectivity index (χ3v) is 4.77. The van der Waals surface area contributed by atoms with Crippen LogP contribution in [0.3, 0.4) is 0 Å². The Hall–Kier alpha value is -1.22. The van der Waals surface area contributed by atoms with E-state index in [-0.39, 0.29) is 17.5 Å². The zero-order valence-corrected chi connectivity index (χ0v) is 11.5. The lowest BCUT2D eigenvalue weighted by Gasteiger charge is -2.31. The van der Waals surface area contributed by atoms with Crippen molar-refractivity contribution >= 4 is 11.6 Å². The van der Waals surface area contributed by atoms with Crippen molar-refractivity contribution in [2.45, 2.75) is 38.6 Å². The van der Waals surface area contributed by atoms with Gasteiger partial charge in [0.2, 0.25) is 0 Å². The molecule has 2 heterocycles. The van der Waals surface area contributed by atoms with Gasteiger partial charge in [-0.3, -0.25) is 14.5 Å². The summed E-state index contributed by atoms with van der Waals surface area (Å²) in [6.07, 6.45) is 9.87. The number of Topliss-reactive ketones (excluding diaryl/α,β-unsaturated/α-hetero) is 1. The molecule has 1 fully saturated rings. The number of rotatable bonds is 2. The second kappa shape index (κ2) is 5.04. The van der Waals surface area contributed by atoms with Gasteiger partial charge in [0.1, 0.15) is 0 Å². The van der Waals surface area contributed by atoms with Crippen molar-refractivity contribution in [3.8, 4) is 0 Å². The molecule has 0 spiro atoms. The predicted molar refractivity (Wildman–Crippen MR) is 73.7 cm³/mol. The summed E-state index contributed by atoms with van der Waals surface area (Å²) >= 11 is 0. The number of hydrogen-bond acceptors (Lipinski definition) is 3. The predicted octanol–water partition coefficient (Wildman–Crippen LogP) is 2.13. The van der Waals surface area contributed by atoms with Crippen molar-refractivity contribution < 1.29 is 9.59 Å². The quantitative estimate of drug-likeness (QED) is 0.713. The van der Waals surface area contributed by atoms with Crippen molar-refractivity contribution in [3.05, 3.63) is 23.8 Å². The van der Waals surface area contributed by atoms with Gasteiger partial charge in [-0.1, -0.05) is 19.1 Å². The zero-order valence-electron chi connectivity index (χ0n) is 11.5. The highest BCUT2D eigenvalue weighted by atomic mass is 16.2. The summed E-state index contributed by atoms with van der Waals surface area (Å²) in [5.74, 6) is -0.224. The van der Waals surface area contributed by atoms with Crippen molar-refractivity contribution in [2.75, 3.05) is 13.1 Å². The van der Waals surface area contributed by atoms with Crippen molar-refractivity contribution in [1.29, 1.82) is 0 Å². The molecule has 3 rings (SSSR count). The molecule has 1 saturated heterocycles. The van der Waals surface area contributed by atoms with E-state index in [2.05, 4.69) is 11.0 Å². The second-order valence-electron chi connectivity index (χ2n) is 6.09. The smallest absolute Gasteiger partial charge is 0.170 e. The Morgan fingerprint density at radius 1 is 1.37 bits per heavy atom. The molecule has 3 atom stereocenters. The summed E-state index contributed by atoms with van der Waals surface area (Å²) in [5, 5.41) is 0. The normalized spacial score (nSPS) is 35.1. The highest BCUT2D eigenvalue weighted by molar-refractivity contribution is 6.14. The van der Waals surface area contributed by atoms with E-state index in [0.717, 1.165) is 31.5 Å². The number of ketones is 2. The Bertz CT molecular complexity index is 463. The number of carbonyl (C=O) groups excluding carboxylic acids is 2. The Balaban J connectivity index is 1.77. The summed E-state index contributed by atoms with van der Waals surface area (Å²) in [7, 11) is 0. The fourth-order valence-corrected chi connectivity index (χ4v) is 3.62. The summed E-state index contributed by atoms with van der Waals surface area (Å²) < 4.78 is 0. The van der Waals surface area contributed by atoms with Gasteiger partial charge >= 0.3 is 0 Å². The van der Waals surface area contributed by atoms with E-state index in [1.54, 1.807) is 6.08 Å². The molecule has 102 valence electrons. The Kier molecular flexibility index (Phi) is 3.40. The van der Waals surface area contributed by atoms with E-state index in [1.807, 2.05) is 13.0 Å². The first kappa shape index (κ1) is 12.8. The molecular formula is C16H21NO2. The van der Waals surface area contributed by atoms with Gasteiger partial charge in [0.05, 0.1) is 5.92 Å². The summed E-state index contributed by atoms with van der Waals surface area (Å²) in [4.78, 5) is 27.0. The molecule has 2 aliphatic heterocycles. The molecule has 0 aromatic rings. The molecule has 0 bridgehead atoms. The van der Waals surface area contributed by atoms with Crippen LogP contribution in [0.15, 0.2) is 23.8 Å². The number of nitrogens with zero attached hydrogens (tertiary/aromatic N) is 1. The SMILES string of the molecule is C[C@H]1CC=CC(=O)[C@@H]1C(=O)C1=CC[C@H]2CCCN2C1. The van der Waals surface area contributed by atoms with Crippen molar-refractivity contribution in [1.82, 2.24) is 4.90 Å². The van der Waals surface area contributed by atoms with Crippen LogP contribution in [0.5, 0.6) is 0 Å². The summed E-state index contributed by atoms with van der Waals surface area (Å²) in [6, 6.07) is 0.635. The van der Waals surface area contributed by atoms with Gasteiger partial charge in [-0.05, 0) is 44.2 Å². The lowest BCUT2D eigenvalue weighted by atomic mass is 9.78. The van der Waals surface area contributed by atoms with Gasteiger partial charge in [-0.25, -0.2) is 0 Å². The maximum absolute atomic E-state index is 12.6. The first-order valence-electron chi connectivity index (χ1n) is 7.34. The zero-order chi connectivity index (χ0) is 13.4. The number of allylic oxidation sites excluding steroid dienone is 2. The fraction of sp³-hybridized carbons (Fsp3) is 0.625. The minimum absolute atomic E-state index is 0.00630. The molecule has 19 heavy (non-hydrogen) atoms. The van der Waals surface area contributed by atoms with Crippen LogP contribution in [0, 0.1) is 11.8 Å². The lowest BCUT2D eigenvalue weighted by molar-refractivity contribution is -0.130. The maximum atomic E-state index is 12.6. The van der Waals surface area contributed by atoms with E-state index in [4.69, 9.17) is 0 Å². The fourth-order valence-electron chi connectivity index (χ4n) is 3.62. The molecule has 0 aromatic carbocycles. The van der Waals surface area contributed by atoms with E-state index in [9.17, 15) is 9.59 Å². The maximum Gasteiger partial charge on any atom is 0.170 e. The van der Waals surface area contributed by atoms with Crippen LogP contribution < -0.4 is 0 Å². The third-order valence-electron chi connectivity index (χ3n) is 4.77. The van der Waals surface area contributed by atoms with Crippen LogP contribution in [0.2, 0.25) is 0 Å². The van der Waals surface area contributed by atoms with E-state index < -0.39 is 5.92 Å². The minimum atomic E-state index is -0.435. The van der Waals surface area contributed by atoms with Crippen LogP contribution >= 0.6 is 0 Å². The Morgan fingerprint density at radius 3 is 3.00 bits per heavy atom. The molecule has 3 heteroatoms. The Labute approximate surface area is 114 Å². The first-order chi connectivity index (χ1) is 9.16. The number of carbonyl (C=O) groups is 2. The molecule has 0 saturated carbocycles. The lowest BCUT2D eigenvalue weighted by Crippen LogP contribution is -2.40. The second-order valence-corrected chi connectivity index (χ2v) is 6.09. The van der Waals surface area contributed by atoms with Crippen LogP contribution in [0.1, 0.15) is 32.6 Å². The molecule has 1 aliphatic carbocycles. The monoisotopic (exact) mass is 259 g/mol. The average Bonchev–Trinajstić information content (AvgIpc) is 2.85. The van der Waals surface area contributed by atoms with Crippen LogP contribution in [0.4, 0.5) is 0 Å². The van der Waals surface area contributed by atoms with E-state index in [1.165, 1.54) is 12.8 Å². The van der Waals surface area contributed by atoms with Gasteiger partial charge in [-0.15, -0.1) is 0 Å². The van der Waals surface area contributed by atoms with Gasteiger partial charge in [0.25, 0.3) is 0 Å². The molecule has 0 radical (unpaired) electrons. The summed E-state index contributed by atoms with van der Waals surface area (Å²) in [5.41, 5.74) is 0.874. The van der Waals surface area contributed by atoms with Crippen LogP contribution in [0.25, 0.3) is 0 Å². The first-order valence-corrected chi connectivity index (χ1v) is 7.34. The van der Waals surface area contributed by atoms with E-state index >= 15 is 0 Å². The highest BCUT2D eigenvalue weighted by Gasteiger charge is 2.37. The standard InChI is InChI=1S/C16H21NO2/c1-11-4-2-6-14(18)15(11)16(19)12-7-8-13-5-3-9-17(13)10-12/h2,6-7,11,13,15H,3-5,8-10H2,1H3/t11-,13+,15+/m0/s1. The number of hydrogen-bond donors (Lipinski definition) is 0. The Morgan fingerprint density at radius 2 is 2.21 bits per heavy atom. The molecule has 0 aromatic heterocycles. The molecule has 3 aliphatic rings. The van der Waals surface area contributed by atoms with Crippen LogP contribution in [-0.4, -0.2) is 35.6 Å². The van der Waals surface area contributed by atoms with E-state index in [0.29, 0.717) is 6.04 Å². The van der Waals surface area contributed by atoms with Gasteiger partial charge in [0, 0.05) is 18.2 Å². The molecule has 0 N–H and O–H groups in total.